The molecule has 0 saturated carbocycles. The molecular formula is C14H18ClFN2O. The zero-order valence-electron chi connectivity index (χ0n) is 10.7. The van der Waals surface area contributed by atoms with Crippen LogP contribution >= 0.6 is 12.4 Å². The second-order valence-electron chi connectivity index (χ2n) is 5.22. The summed E-state index contributed by atoms with van der Waals surface area (Å²) in [6, 6.07) is 6.52. The number of carbonyl (C=O) groups is 1. The highest BCUT2D eigenvalue weighted by atomic mass is 35.5. The molecule has 1 aromatic carbocycles. The van der Waals surface area contributed by atoms with Crippen molar-refractivity contribution in [1.82, 2.24) is 5.32 Å². The molecule has 3 nitrogen and oxygen atoms in total. The van der Waals surface area contributed by atoms with Crippen molar-refractivity contribution in [2.75, 3.05) is 24.5 Å². The molecule has 5 heteroatoms. The van der Waals surface area contributed by atoms with Crippen LogP contribution in [0.2, 0.25) is 0 Å². The second kappa shape index (κ2) is 5.47. The lowest BCUT2D eigenvalue weighted by molar-refractivity contribution is -0.126. The first kappa shape index (κ1) is 14.3. The summed E-state index contributed by atoms with van der Waals surface area (Å²) in [6.07, 6.45) is 2.77. The summed E-state index contributed by atoms with van der Waals surface area (Å²) in [5, 5.41) is 3.29. The minimum absolute atomic E-state index is 0. The molecule has 1 N–H and O–H groups in total. The van der Waals surface area contributed by atoms with Crippen molar-refractivity contribution in [2.24, 2.45) is 5.41 Å². The summed E-state index contributed by atoms with van der Waals surface area (Å²) < 4.78 is 13.8. The highest BCUT2D eigenvalue weighted by molar-refractivity contribution is 6.00. The van der Waals surface area contributed by atoms with E-state index in [9.17, 15) is 9.18 Å². The van der Waals surface area contributed by atoms with Crippen molar-refractivity contribution in [2.45, 2.75) is 19.3 Å². The molecular weight excluding hydrogens is 267 g/mol. The molecule has 0 aliphatic carbocycles. The predicted molar refractivity (Wildman–Crippen MR) is 75.2 cm³/mol. The number of hydrogen-bond acceptors (Lipinski definition) is 2. The molecule has 3 rings (SSSR count). The minimum Gasteiger partial charge on any atom is -0.316 e. The van der Waals surface area contributed by atoms with Crippen LogP contribution < -0.4 is 10.2 Å². The zero-order chi connectivity index (χ0) is 12.6. The molecule has 1 unspecified atom stereocenters. The maximum absolute atomic E-state index is 13.8. The first-order chi connectivity index (χ1) is 8.73. The van der Waals surface area contributed by atoms with Gasteiger partial charge in [0.05, 0.1) is 11.1 Å². The number of rotatable bonds is 1. The van der Waals surface area contributed by atoms with Crippen molar-refractivity contribution in [3.8, 4) is 0 Å². The van der Waals surface area contributed by atoms with E-state index in [0.29, 0.717) is 12.2 Å². The third-order valence-electron chi connectivity index (χ3n) is 4.13. The summed E-state index contributed by atoms with van der Waals surface area (Å²) in [5.41, 5.74) is 0.130. The quantitative estimate of drug-likeness (QED) is 0.859. The predicted octanol–water partition coefficient (Wildman–Crippen LogP) is 2.35. The van der Waals surface area contributed by atoms with Gasteiger partial charge < -0.3 is 10.2 Å². The number of benzene rings is 1. The zero-order valence-corrected chi connectivity index (χ0v) is 11.5. The van der Waals surface area contributed by atoms with E-state index >= 15 is 0 Å². The number of hydrogen-bond donors (Lipinski definition) is 1. The Kier molecular flexibility index (Phi) is 4.11. The standard InChI is InChI=1S/C14H17FN2O.ClH/c15-11-4-1-2-5-12(11)17-9-7-14(13(17)18)6-3-8-16-10-14;/h1-2,4-5,16H,3,6-10H2;1H. The fourth-order valence-electron chi connectivity index (χ4n) is 3.08. The molecule has 19 heavy (non-hydrogen) atoms. The first-order valence-corrected chi connectivity index (χ1v) is 6.50. The van der Waals surface area contributed by atoms with Crippen molar-refractivity contribution in [3.05, 3.63) is 30.1 Å². The van der Waals surface area contributed by atoms with Crippen LogP contribution in [0.25, 0.3) is 0 Å². The van der Waals surface area contributed by atoms with Gasteiger partial charge in [0, 0.05) is 13.1 Å². The molecule has 2 saturated heterocycles. The average molecular weight is 285 g/mol. The van der Waals surface area contributed by atoms with Crippen LogP contribution in [0.4, 0.5) is 10.1 Å². The highest BCUT2D eigenvalue weighted by Crippen LogP contribution is 2.40. The summed E-state index contributed by atoms with van der Waals surface area (Å²) in [4.78, 5) is 14.2. The number of carbonyl (C=O) groups excluding carboxylic acids is 1. The van der Waals surface area contributed by atoms with Gasteiger partial charge >= 0.3 is 0 Å². The molecule has 1 atom stereocenters. The summed E-state index contributed by atoms with van der Waals surface area (Å²) >= 11 is 0. The van der Waals surface area contributed by atoms with Crippen LogP contribution in [0.5, 0.6) is 0 Å². The monoisotopic (exact) mass is 284 g/mol. The van der Waals surface area contributed by atoms with Crippen LogP contribution in [0.15, 0.2) is 24.3 Å². The van der Waals surface area contributed by atoms with Gasteiger partial charge in [0.2, 0.25) is 5.91 Å². The van der Waals surface area contributed by atoms with Crippen LogP contribution in [0.1, 0.15) is 19.3 Å². The number of nitrogens with one attached hydrogen (secondary N) is 1. The number of piperidine rings is 1. The maximum atomic E-state index is 13.8. The summed E-state index contributed by atoms with van der Waals surface area (Å²) in [7, 11) is 0. The maximum Gasteiger partial charge on any atom is 0.234 e. The van der Waals surface area contributed by atoms with Crippen LogP contribution in [0, 0.1) is 11.2 Å². The molecule has 1 aromatic rings. The fourth-order valence-corrected chi connectivity index (χ4v) is 3.08. The van der Waals surface area contributed by atoms with Gasteiger partial charge in [-0.3, -0.25) is 4.79 Å². The van der Waals surface area contributed by atoms with E-state index in [-0.39, 0.29) is 29.5 Å². The van der Waals surface area contributed by atoms with Crippen molar-refractivity contribution in [1.29, 1.82) is 0 Å². The lowest BCUT2D eigenvalue weighted by atomic mass is 9.79. The van der Waals surface area contributed by atoms with Gasteiger partial charge in [-0.05, 0) is 37.9 Å². The lowest BCUT2D eigenvalue weighted by Gasteiger charge is -2.32. The molecule has 0 radical (unpaired) electrons. The molecule has 2 aliphatic heterocycles. The molecule has 2 fully saturated rings. The van der Waals surface area contributed by atoms with Gasteiger partial charge in [-0.1, -0.05) is 12.1 Å². The van der Waals surface area contributed by atoms with E-state index in [1.54, 1.807) is 23.1 Å². The molecule has 1 amide bonds. The average Bonchev–Trinajstić information content (AvgIpc) is 2.69. The van der Waals surface area contributed by atoms with Gasteiger partial charge in [0.1, 0.15) is 5.82 Å². The van der Waals surface area contributed by atoms with E-state index in [1.807, 2.05) is 0 Å². The third-order valence-corrected chi connectivity index (χ3v) is 4.13. The highest BCUT2D eigenvalue weighted by Gasteiger charge is 2.47. The van der Waals surface area contributed by atoms with Gasteiger partial charge in [0.25, 0.3) is 0 Å². The van der Waals surface area contributed by atoms with Gasteiger partial charge in [-0.2, -0.15) is 0 Å². The van der Waals surface area contributed by atoms with Gasteiger partial charge in [-0.25, -0.2) is 4.39 Å². The topological polar surface area (TPSA) is 32.3 Å². The van der Waals surface area contributed by atoms with E-state index in [1.165, 1.54) is 6.07 Å². The fraction of sp³-hybridized carbons (Fsp3) is 0.500. The Bertz CT molecular complexity index is 474. The molecule has 0 aromatic heterocycles. The molecule has 2 aliphatic rings. The molecule has 2 heterocycles. The van der Waals surface area contributed by atoms with E-state index < -0.39 is 0 Å². The van der Waals surface area contributed by atoms with Crippen molar-refractivity contribution >= 4 is 24.0 Å². The Morgan fingerprint density at radius 1 is 1.26 bits per heavy atom. The molecule has 1 spiro atoms. The Morgan fingerprint density at radius 3 is 2.74 bits per heavy atom. The van der Waals surface area contributed by atoms with Gasteiger partial charge in [-0.15, -0.1) is 12.4 Å². The van der Waals surface area contributed by atoms with Crippen molar-refractivity contribution in [3.63, 3.8) is 0 Å². The van der Waals surface area contributed by atoms with Crippen LogP contribution in [-0.4, -0.2) is 25.5 Å². The lowest BCUT2D eigenvalue weighted by Crippen LogP contribution is -2.45. The minimum atomic E-state index is -0.313. The normalized spacial score (nSPS) is 26.6. The number of nitrogens with zero attached hydrogens (tertiary/aromatic N) is 1. The third kappa shape index (κ3) is 2.35. The Balaban J connectivity index is 0.00000133. The number of para-hydroxylation sites is 1. The Morgan fingerprint density at radius 2 is 2.05 bits per heavy atom. The number of halogens is 2. The van der Waals surface area contributed by atoms with Crippen molar-refractivity contribution < 1.29 is 9.18 Å². The Hall–Kier alpha value is -1.13. The smallest absolute Gasteiger partial charge is 0.234 e. The van der Waals surface area contributed by atoms with E-state index in [0.717, 1.165) is 32.4 Å². The summed E-state index contributed by atoms with van der Waals surface area (Å²) in [6.45, 7) is 2.34. The number of anilines is 1. The van der Waals surface area contributed by atoms with Gasteiger partial charge in [0.15, 0.2) is 0 Å². The Labute approximate surface area is 118 Å². The largest absolute Gasteiger partial charge is 0.316 e. The van der Waals surface area contributed by atoms with Crippen LogP contribution in [-0.2, 0) is 4.79 Å². The molecule has 104 valence electrons. The first-order valence-electron chi connectivity index (χ1n) is 6.50. The number of amides is 1. The van der Waals surface area contributed by atoms with E-state index in [4.69, 9.17) is 0 Å². The second-order valence-corrected chi connectivity index (χ2v) is 5.22. The molecule has 0 bridgehead atoms. The van der Waals surface area contributed by atoms with E-state index in [2.05, 4.69) is 5.32 Å². The SMILES string of the molecule is Cl.O=C1N(c2ccccc2F)CCC12CCCNC2. The van der Waals surface area contributed by atoms with Crippen LogP contribution in [0.3, 0.4) is 0 Å². The summed E-state index contributed by atoms with van der Waals surface area (Å²) in [5.74, 6) is -0.230.